The van der Waals surface area contributed by atoms with Crippen LogP contribution in [0, 0.1) is 6.92 Å². The van der Waals surface area contributed by atoms with Gasteiger partial charge in [0.25, 0.3) is 5.91 Å². The van der Waals surface area contributed by atoms with Gasteiger partial charge in [-0.15, -0.1) is 10.2 Å². The van der Waals surface area contributed by atoms with Crippen molar-refractivity contribution in [2.75, 3.05) is 26.0 Å². The number of hydrogen-bond acceptors (Lipinski definition) is 5. The van der Waals surface area contributed by atoms with Crippen LogP contribution in [0.1, 0.15) is 16.1 Å². The van der Waals surface area contributed by atoms with Crippen LogP contribution in [0.25, 0.3) is 10.9 Å². The molecule has 1 aromatic heterocycles. The molecule has 0 fully saturated rings. The van der Waals surface area contributed by atoms with Crippen molar-refractivity contribution in [2.24, 2.45) is 0 Å². The molecule has 6 heteroatoms. The summed E-state index contributed by atoms with van der Waals surface area (Å²) in [6.07, 6.45) is 0. The normalized spacial score (nSPS) is 10.6. The lowest BCUT2D eigenvalue weighted by Gasteiger charge is -2.08. The molecule has 2 rings (SSSR count). The number of anilines is 1. The van der Waals surface area contributed by atoms with E-state index >= 15 is 0 Å². The van der Waals surface area contributed by atoms with E-state index in [-0.39, 0.29) is 11.6 Å². The number of nitrogens with zero attached hydrogens (tertiary/aromatic N) is 2. The lowest BCUT2D eigenvalue weighted by molar-refractivity contribution is 0.0932. The van der Waals surface area contributed by atoms with E-state index in [9.17, 15) is 4.79 Å². The van der Waals surface area contributed by atoms with Gasteiger partial charge in [0, 0.05) is 19.0 Å². The first-order valence-electron chi connectivity index (χ1n) is 5.93. The molecule has 0 atom stereocenters. The van der Waals surface area contributed by atoms with Crippen LogP contribution >= 0.6 is 0 Å². The molecule has 1 amide bonds. The Morgan fingerprint density at radius 2 is 2.21 bits per heavy atom. The zero-order valence-electron chi connectivity index (χ0n) is 10.9. The highest BCUT2D eigenvalue weighted by Gasteiger charge is 2.14. The monoisotopic (exact) mass is 260 g/mol. The third-order valence-corrected chi connectivity index (χ3v) is 2.76. The number of methoxy groups -OCH3 is 1. The number of nitrogens with one attached hydrogen (secondary N) is 1. The molecular weight excluding hydrogens is 244 g/mol. The summed E-state index contributed by atoms with van der Waals surface area (Å²) < 4.78 is 4.86. The van der Waals surface area contributed by atoms with Crippen LogP contribution in [0.3, 0.4) is 0 Å². The second-order valence-electron chi connectivity index (χ2n) is 4.23. The highest BCUT2D eigenvalue weighted by Crippen LogP contribution is 2.22. The number of rotatable bonds is 4. The van der Waals surface area contributed by atoms with Crippen molar-refractivity contribution in [1.82, 2.24) is 15.5 Å². The van der Waals surface area contributed by atoms with Gasteiger partial charge in [-0.25, -0.2) is 0 Å². The summed E-state index contributed by atoms with van der Waals surface area (Å²) in [5.41, 5.74) is 8.23. The van der Waals surface area contributed by atoms with Crippen molar-refractivity contribution in [3.8, 4) is 0 Å². The van der Waals surface area contributed by atoms with E-state index in [4.69, 9.17) is 10.5 Å². The Morgan fingerprint density at radius 3 is 2.95 bits per heavy atom. The zero-order chi connectivity index (χ0) is 13.8. The van der Waals surface area contributed by atoms with Crippen LogP contribution in [-0.2, 0) is 4.74 Å². The van der Waals surface area contributed by atoms with E-state index < -0.39 is 0 Å². The maximum absolute atomic E-state index is 11.9. The molecule has 19 heavy (non-hydrogen) atoms. The number of benzene rings is 1. The highest BCUT2D eigenvalue weighted by molar-refractivity contribution is 6.04. The summed E-state index contributed by atoms with van der Waals surface area (Å²) in [5.74, 6) is -0.342. The molecule has 1 heterocycles. The average molecular weight is 260 g/mol. The first-order valence-corrected chi connectivity index (χ1v) is 5.93. The van der Waals surface area contributed by atoms with E-state index in [0.29, 0.717) is 24.4 Å². The summed E-state index contributed by atoms with van der Waals surface area (Å²) >= 11 is 0. The first kappa shape index (κ1) is 13.2. The molecule has 0 saturated heterocycles. The molecule has 6 nitrogen and oxygen atoms in total. The standard InChI is InChI=1S/C13H16N4O2/c1-8-3-4-10-9(7-8)11(14)12(17-16-10)13(18)15-5-6-19-2/h3-4,7H,5-6H2,1-2H3,(H2,14,16)(H,15,18). The molecular formula is C13H16N4O2. The minimum atomic E-state index is -0.342. The fraction of sp³-hybridized carbons (Fsp3) is 0.308. The molecule has 3 N–H and O–H groups in total. The summed E-state index contributed by atoms with van der Waals surface area (Å²) in [6, 6.07) is 5.65. The largest absolute Gasteiger partial charge is 0.396 e. The Labute approximate surface area is 111 Å². The van der Waals surface area contributed by atoms with Gasteiger partial charge in [-0.3, -0.25) is 4.79 Å². The van der Waals surface area contributed by atoms with Gasteiger partial charge in [0.05, 0.1) is 17.8 Å². The van der Waals surface area contributed by atoms with Gasteiger partial charge < -0.3 is 15.8 Å². The van der Waals surface area contributed by atoms with Crippen LogP contribution in [0.4, 0.5) is 5.69 Å². The number of carbonyl (C=O) groups is 1. The Kier molecular flexibility index (Phi) is 3.91. The number of ether oxygens (including phenoxy) is 1. The van der Waals surface area contributed by atoms with Crippen molar-refractivity contribution >= 4 is 22.5 Å². The predicted octanol–water partition coefficient (Wildman–Crippen LogP) is 0.897. The van der Waals surface area contributed by atoms with E-state index in [2.05, 4.69) is 15.5 Å². The van der Waals surface area contributed by atoms with Crippen LogP contribution < -0.4 is 11.1 Å². The van der Waals surface area contributed by atoms with Crippen LogP contribution in [0.2, 0.25) is 0 Å². The van der Waals surface area contributed by atoms with Gasteiger partial charge in [-0.2, -0.15) is 0 Å². The lowest BCUT2D eigenvalue weighted by Crippen LogP contribution is -2.28. The lowest BCUT2D eigenvalue weighted by atomic mass is 10.1. The maximum Gasteiger partial charge on any atom is 0.274 e. The number of nitrogens with two attached hydrogens (primary N) is 1. The van der Waals surface area contributed by atoms with E-state index in [1.54, 1.807) is 7.11 Å². The van der Waals surface area contributed by atoms with Gasteiger partial charge in [-0.05, 0) is 19.1 Å². The number of fused-ring (bicyclic) bond motifs is 1. The van der Waals surface area contributed by atoms with Crippen molar-refractivity contribution in [3.63, 3.8) is 0 Å². The summed E-state index contributed by atoms with van der Waals surface area (Å²) in [5, 5.41) is 11.3. The van der Waals surface area contributed by atoms with Crippen molar-refractivity contribution in [1.29, 1.82) is 0 Å². The second-order valence-corrected chi connectivity index (χ2v) is 4.23. The number of nitrogen functional groups attached to an aromatic ring is 1. The van der Waals surface area contributed by atoms with Crippen molar-refractivity contribution in [3.05, 3.63) is 29.5 Å². The molecule has 0 aliphatic rings. The number of carbonyl (C=O) groups excluding carboxylic acids is 1. The van der Waals surface area contributed by atoms with E-state index in [0.717, 1.165) is 10.9 Å². The molecule has 1 aromatic carbocycles. The van der Waals surface area contributed by atoms with Gasteiger partial charge >= 0.3 is 0 Å². The van der Waals surface area contributed by atoms with Crippen LogP contribution in [0.15, 0.2) is 18.2 Å². The van der Waals surface area contributed by atoms with Crippen LogP contribution in [0.5, 0.6) is 0 Å². The highest BCUT2D eigenvalue weighted by atomic mass is 16.5. The first-order chi connectivity index (χ1) is 9.13. The fourth-order valence-corrected chi connectivity index (χ4v) is 1.76. The Hall–Kier alpha value is -2.21. The quantitative estimate of drug-likeness (QED) is 0.797. The van der Waals surface area contributed by atoms with Gasteiger partial charge in [0.15, 0.2) is 5.69 Å². The minimum absolute atomic E-state index is 0.147. The Bertz CT molecular complexity index is 613. The van der Waals surface area contributed by atoms with Crippen LogP contribution in [-0.4, -0.2) is 36.4 Å². The minimum Gasteiger partial charge on any atom is -0.396 e. The fourth-order valence-electron chi connectivity index (χ4n) is 1.76. The van der Waals surface area contributed by atoms with E-state index in [1.807, 2.05) is 25.1 Å². The zero-order valence-corrected chi connectivity index (χ0v) is 10.9. The molecule has 0 radical (unpaired) electrons. The van der Waals surface area contributed by atoms with Crippen molar-refractivity contribution < 1.29 is 9.53 Å². The molecule has 100 valence electrons. The Balaban J connectivity index is 2.34. The predicted molar refractivity (Wildman–Crippen MR) is 72.9 cm³/mol. The van der Waals surface area contributed by atoms with Crippen molar-refractivity contribution in [2.45, 2.75) is 6.92 Å². The summed E-state index contributed by atoms with van der Waals surface area (Å²) in [6.45, 7) is 2.80. The molecule has 0 unspecified atom stereocenters. The molecule has 0 saturated carbocycles. The number of aryl methyl sites for hydroxylation is 1. The third kappa shape index (κ3) is 2.79. The SMILES string of the molecule is COCCNC(=O)c1nnc2ccc(C)cc2c1N. The molecule has 0 aliphatic carbocycles. The van der Waals surface area contributed by atoms with Gasteiger partial charge in [0.1, 0.15) is 0 Å². The summed E-state index contributed by atoms with van der Waals surface area (Å²) in [4.78, 5) is 11.9. The molecule has 0 bridgehead atoms. The third-order valence-electron chi connectivity index (χ3n) is 2.76. The number of hydrogen-bond donors (Lipinski definition) is 2. The average Bonchev–Trinajstić information content (AvgIpc) is 2.40. The van der Waals surface area contributed by atoms with Gasteiger partial charge in [0.2, 0.25) is 0 Å². The second kappa shape index (κ2) is 5.62. The number of aromatic nitrogens is 2. The maximum atomic E-state index is 11.9. The smallest absolute Gasteiger partial charge is 0.274 e. The number of amides is 1. The topological polar surface area (TPSA) is 90.1 Å². The molecule has 2 aromatic rings. The summed E-state index contributed by atoms with van der Waals surface area (Å²) in [7, 11) is 1.57. The molecule has 0 spiro atoms. The Morgan fingerprint density at radius 1 is 1.42 bits per heavy atom. The molecule has 0 aliphatic heterocycles. The van der Waals surface area contributed by atoms with E-state index in [1.165, 1.54) is 0 Å². The van der Waals surface area contributed by atoms with Gasteiger partial charge in [-0.1, -0.05) is 11.6 Å².